The Morgan fingerprint density at radius 3 is 2.57 bits per heavy atom. The highest BCUT2D eigenvalue weighted by molar-refractivity contribution is 7.99. The van der Waals surface area contributed by atoms with Gasteiger partial charge in [0.25, 0.3) is 0 Å². The summed E-state index contributed by atoms with van der Waals surface area (Å²) in [5.41, 5.74) is -0.650. The van der Waals surface area contributed by atoms with Gasteiger partial charge in [0.1, 0.15) is 11.6 Å². The number of thioether (sulfide) groups is 1. The molecule has 1 atom stereocenters. The lowest BCUT2D eigenvalue weighted by Gasteiger charge is -2.21. The third kappa shape index (κ3) is 12.2. The average molecular weight is 319 g/mol. The van der Waals surface area contributed by atoms with Gasteiger partial charge in [0, 0.05) is 25.1 Å². The third-order valence-corrected chi connectivity index (χ3v) is 3.23. The second kappa shape index (κ2) is 10.4. The Bertz CT molecular complexity index is 345. The number of alkyl carbamates (subject to hydrolysis) is 1. The highest BCUT2D eigenvalue weighted by Gasteiger charge is 2.23. The summed E-state index contributed by atoms with van der Waals surface area (Å²) in [4.78, 5) is 22.6. The predicted molar refractivity (Wildman–Crippen MR) is 84.4 cm³/mol. The number of carboxylic acid groups (broad SMARTS) is 1. The van der Waals surface area contributed by atoms with Crippen LogP contribution in [-0.2, 0) is 9.53 Å². The minimum Gasteiger partial charge on any atom is -0.480 e. The topological polar surface area (TPSA) is 112 Å². The van der Waals surface area contributed by atoms with Crippen molar-refractivity contribution in [1.29, 1.82) is 5.41 Å². The molecule has 0 rings (SSSR count). The van der Waals surface area contributed by atoms with Gasteiger partial charge >= 0.3 is 12.1 Å². The Labute approximate surface area is 129 Å². The van der Waals surface area contributed by atoms with E-state index >= 15 is 0 Å². The molecule has 1 amide bonds. The van der Waals surface area contributed by atoms with Crippen molar-refractivity contribution < 1.29 is 19.4 Å². The lowest BCUT2D eigenvalue weighted by Crippen LogP contribution is -2.43. The molecule has 0 saturated carbocycles. The Hall–Kier alpha value is -1.28. The number of nitrogens with one attached hydrogen (secondary N) is 3. The van der Waals surface area contributed by atoms with E-state index in [1.165, 1.54) is 6.21 Å². The molecule has 122 valence electrons. The normalized spacial score (nSPS) is 12.5. The predicted octanol–water partition coefficient (Wildman–Crippen LogP) is 1.33. The van der Waals surface area contributed by atoms with Gasteiger partial charge in [-0.05, 0) is 32.9 Å². The summed E-state index contributed by atoms with van der Waals surface area (Å²) in [6.45, 7) is 6.47. The molecule has 0 spiro atoms. The van der Waals surface area contributed by atoms with Crippen molar-refractivity contribution in [3.63, 3.8) is 0 Å². The zero-order valence-electron chi connectivity index (χ0n) is 12.8. The molecule has 7 nitrogen and oxygen atoms in total. The van der Waals surface area contributed by atoms with Gasteiger partial charge < -0.3 is 25.9 Å². The first kappa shape index (κ1) is 19.7. The maximum atomic E-state index is 11.5. The van der Waals surface area contributed by atoms with Crippen molar-refractivity contribution in [3.05, 3.63) is 0 Å². The second-order valence-electron chi connectivity index (χ2n) is 5.35. The van der Waals surface area contributed by atoms with Crippen molar-refractivity contribution in [3.8, 4) is 0 Å². The molecule has 0 radical (unpaired) electrons. The zero-order valence-corrected chi connectivity index (χ0v) is 13.6. The minimum absolute atomic E-state index is 0.337. The number of aliphatic carboxylic acids is 1. The van der Waals surface area contributed by atoms with Crippen LogP contribution in [0.4, 0.5) is 4.79 Å². The van der Waals surface area contributed by atoms with Gasteiger partial charge in [0.15, 0.2) is 0 Å². The number of amides is 1. The number of carbonyl (C=O) groups excluding carboxylic acids is 1. The van der Waals surface area contributed by atoms with Gasteiger partial charge in [0.05, 0.1) is 0 Å². The Morgan fingerprint density at radius 1 is 1.38 bits per heavy atom. The SMILES string of the molecule is CC(C)(C)OC(=O)N[C@@H](CCSCCNCC=N)C(=O)O. The maximum absolute atomic E-state index is 11.5. The first-order chi connectivity index (χ1) is 9.76. The van der Waals surface area contributed by atoms with Crippen LogP contribution in [0.15, 0.2) is 0 Å². The minimum atomic E-state index is -1.07. The quantitative estimate of drug-likeness (QED) is 0.357. The van der Waals surface area contributed by atoms with Crippen LogP contribution >= 0.6 is 11.8 Å². The molecule has 0 saturated heterocycles. The van der Waals surface area contributed by atoms with Gasteiger partial charge in [0.2, 0.25) is 0 Å². The molecular formula is C13H25N3O4S. The molecule has 8 heteroatoms. The van der Waals surface area contributed by atoms with Crippen LogP contribution in [0.2, 0.25) is 0 Å². The Morgan fingerprint density at radius 2 is 2.05 bits per heavy atom. The summed E-state index contributed by atoms with van der Waals surface area (Å²) >= 11 is 1.60. The van der Waals surface area contributed by atoms with Crippen LogP contribution in [0.3, 0.4) is 0 Å². The fourth-order valence-electron chi connectivity index (χ4n) is 1.33. The summed E-state index contributed by atoms with van der Waals surface area (Å²) in [5.74, 6) is 0.384. The molecule has 0 aromatic heterocycles. The lowest BCUT2D eigenvalue weighted by atomic mass is 10.2. The largest absolute Gasteiger partial charge is 0.480 e. The first-order valence-corrected chi connectivity index (χ1v) is 7.91. The molecule has 0 aliphatic carbocycles. The molecule has 0 bridgehead atoms. The van der Waals surface area contributed by atoms with Crippen LogP contribution in [0, 0.1) is 5.41 Å². The number of carbonyl (C=O) groups is 2. The number of hydrogen-bond acceptors (Lipinski definition) is 6. The van der Waals surface area contributed by atoms with E-state index < -0.39 is 23.7 Å². The number of carboxylic acids is 1. The number of rotatable bonds is 10. The van der Waals surface area contributed by atoms with Crippen LogP contribution in [0.1, 0.15) is 27.2 Å². The summed E-state index contributed by atoms with van der Waals surface area (Å²) in [7, 11) is 0. The van der Waals surface area contributed by atoms with Crippen LogP contribution < -0.4 is 10.6 Å². The van der Waals surface area contributed by atoms with Gasteiger partial charge in [-0.25, -0.2) is 9.59 Å². The van der Waals surface area contributed by atoms with Crippen molar-refractivity contribution in [1.82, 2.24) is 10.6 Å². The second-order valence-corrected chi connectivity index (χ2v) is 6.57. The highest BCUT2D eigenvalue weighted by Crippen LogP contribution is 2.09. The molecule has 0 heterocycles. The van der Waals surface area contributed by atoms with Gasteiger partial charge in [-0.3, -0.25) is 0 Å². The van der Waals surface area contributed by atoms with E-state index in [0.29, 0.717) is 18.7 Å². The number of hydrogen-bond donors (Lipinski definition) is 4. The lowest BCUT2D eigenvalue weighted by molar-refractivity contribution is -0.139. The van der Waals surface area contributed by atoms with E-state index in [1.54, 1.807) is 32.5 Å². The monoisotopic (exact) mass is 319 g/mol. The van der Waals surface area contributed by atoms with E-state index in [-0.39, 0.29) is 0 Å². The van der Waals surface area contributed by atoms with E-state index in [2.05, 4.69) is 10.6 Å². The molecule has 4 N–H and O–H groups in total. The molecule has 0 aromatic carbocycles. The fourth-order valence-corrected chi connectivity index (χ4v) is 2.22. The van der Waals surface area contributed by atoms with Gasteiger partial charge in [-0.2, -0.15) is 11.8 Å². The fraction of sp³-hybridized carbons (Fsp3) is 0.769. The van der Waals surface area contributed by atoms with Gasteiger partial charge in [-0.15, -0.1) is 0 Å². The highest BCUT2D eigenvalue weighted by atomic mass is 32.2. The van der Waals surface area contributed by atoms with Gasteiger partial charge in [-0.1, -0.05) is 0 Å². The summed E-state index contributed by atoms with van der Waals surface area (Å²) in [5, 5.41) is 21.3. The molecule has 0 aromatic rings. The van der Waals surface area contributed by atoms with Crippen molar-refractivity contribution in [2.45, 2.75) is 38.8 Å². The van der Waals surface area contributed by atoms with E-state index in [1.807, 2.05) is 0 Å². The summed E-state index contributed by atoms with van der Waals surface area (Å²) in [6, 6.07) is -0.943. The van der Waals surface area contributed by atoms with E-state index in [0.717, 1.165) is 12.3 Å². The molecule has 0 fully saturated rings. The van der Waals surface area contributed by atoms with E-state index in [4.69, 9.17) is 15.3 Å². The molecule has 0 aliphatic heterocycles. The Balaban J connectivity index is 3.95. The van der Waals surface area contributed by atoms with Crippen LogP contribution in [0.5, 0.6) is 0 Å². The number of ether oxygens (including phenoxy) is 1. The van der Waals surface area contributed by atoms with Crippen molar-refractivity contribution in [2.75, 3.05) is 24.6 Å². The maximum Gasteiger partial charge on any atom is 0.408 e. The van der Waals surface area contributed by atoms with Crippen molar-refractivity contribution >= 4 is 30.0 Å². The van der Waals surface area contributed by atoms with E-state index in [9.17, 15) is 9.59 Å². The standard InChI is InChI=1S/C13H25N3O4S/c1-13(2,3)20-12(19)16-10(11(17)18)4-8-21-9-7-15-6-5-14/h5,10,14-15H,4,6-9H2,1-3H3,(H,16,19)(H,17,18)/t10-/m0/s1. The molecule has 0 aliphatic rings. The molecule has 0 unspecified atom stereocenters. The van der Waals surface area contributed by atoms with Crippen molar-refractivity contribution in [2.24, 2.45) is 0 Å². The summed E-state index contributed by atoms with van der Waals surface area (Å²) < 4.78 is 5.04. The average Bonchev–Trinajstić information content (AvgIpc) is 2.33. The Kier molecular flexibility index (Phi) is 9.81. The van der Waals surface area contributed by atoms with Crippen LogP contribution in [0.25, 0.3) is 0 Å². The molecule has 21 heavy (non-hydrogen) atoms. The molecular weight excluding hydrogens is 294 g/mol. The first-order valence-electron chi connectivity index (χ1n) is 6.76. The van der Waals surface area contributed by atoms with Crippen LogP contribution in [-0.4, -0.2) is 59.6 Å². The zero-order chi connectivity index (χ0) is 16.3. The summed E-state index contributed by atoms with van der Waals surface area (Å²) in [6.07, 6.45) is 0.909. The third-order valence-electron chi connectivity index (χ3n) is 2.21. The smallest absolute Gasteiger partial charge is 0.408 e.